The van der Waals surface area contributed by atoms with Gasteiger partial charge in [-0.2, -0.15) is 0 Å². The lowest BCUT2D eigenvalue weighted by molar-refractivity contribution is 0.0691. The molecule has 0 atom stereocenters. The van der Waals surface area contributed by atoms with Crippen molar-refractivity contribution in [2.24, 2.45) is 0 Å². The van der Waals surface area contributed by atoms with Gasteiger partial charge in [0.05, 0.1) is 16.7 Å². The molecule has 5 nitrogen and oxygen atoms in total. The summed E-state index contributed by atoms with van der Waals surface area (Å²) >= 11 is 0. The fourth-order valence-corrected chi connectivity index (χ4v) is 2.35. The molecule has 1 aliphatic rings. The normalized spacial score (nSPS) is 13.0. The highest BCUT2D eigenvalue weighted by atomic mass is 19.1. The molecule has 0 spiro atoms. The monoisotopic (exact) mass is 285 g/mol. The zero-order valence-electron chi connectivity index (χ0n) is 10.5. The summed E-state index contributed by atoms with van der Waals surface area (Å²) in [4.78, 5) is 34.9. The van der Waals surface area contributed by atoms with Crippen LogP contribution in [0.2, 0.25) is 0 Å². The smallest absolute Gasteiger partial charge is 0.336 e. The van der Waals surface area contributed by atoms with Gasteiger partial charge >= 0.3 is 5.97 Å². The van der Waals surface area contributed by atoms with Crippen LogP contribution in [0.25, 0.3) is 11.1 Å². The lowest BCUT2D eigenvalue weighted by Gasteiger charge is -2.08. The highest BCUT2D eigenvalue weighted by molar-refractivity contribution is 6.26. The molecular weight excluding hydrogens is 277 g/mol. The number of carboxylic acid groups (broad SMARTS) is 1. The number of carbonyl (C=O) groups excluding carboxylic acids is 2. The molecule has 1 heterocycles. The molecule has 0 bridgehead atoms. The molecule has 0 fully saturated rings. The Labute approximate surface area is 118 Å². The quantitative estimate of drug-likeness (QED) is 0.827. The lowest BCUT2D eigenvalue weighted by Crippen LogP contribution is -2.20. The molecule has 21 heavy (non-hydrogen) atoms. The average molecular weight is 285 g/mol. The van der Waals surface area contributed by atoms with E-state index in [0.29, 0.717) is 11.1 Å². The number of fused-ring (bicyclic) bond motifs is 1. The Morgan fingerprint density at radius 1 is 0.952 bits per heavy atom. The van der Waals surface area contributed by atoms with Crippen molar-refractivity contribution in [3.63, 3.8) is 0 Å². The number of rotatable bonds is 2. The van der Waals surface area contributed by atoms with Crippen LogP contribution in [0.3, 0.4) is 0 Å². The van der Waals surface area contributed by atoms with Gasteiger partial charge in [0, 0.05) is 0 Å². The standard InChI is InChI=1S/C15H8FNO4/c16-8-3-1-7(2-4-8)9-5-6-10(15(20)21)12-11(9)13(18)17-14(12)19/h1-6H,(H,20,21)(H,17,18,19). The Morgan fingerprint density at radius 3 is 2.19 bits per heavy atom. The zero-order chi connectivity index (χ0) is 15.1. The van der Waals surface area contributed by atoms with E-state index in [2.05, 4.69) is 5.32 Å². The van der Waals surface area contributed by atoms with E-state index in [1.54, 1.807) is 0 Å². The number of aromatic carboxylic acids is 1. The van der Waals surface area contributed by atoms with E-state index in [1.165, 1.54) is 36.4 Å². The topological polar surface area (TPSA) is 83.5 Å². The summed E-state index contributed by atoms with van der Waals surface area (Å²) in [6.07, 6.45) is 0. The number of amides is 2. The summed E-state index contributed by atoms with van der Waals surface area (Å²) in [6, 6.07) is 8.07. The van der Waals surface area contributed by atoms with Crippen LogP contribution in [0.1, 0.15) is 31.1 Å². The summed E-state index contributed by atoms with van der Waals surface area (Å²) in [6.45, 7) is 0. The molecule has 104 valence electrons. The van der Waals surface area contributed by atoms with Crippen molar-refractivity contribution in [1.82, 2.24) is 5.32 Å². The Kier molecular flexibility index (Phi) is 2.79. The van der Waals surface area contributed by atoms with Crippen molar-refractivity contribution in [1.29, 1.82) is 0 Å². The predicted octanol–water partition coefficient (Wildman–Crippen LogP) is 2.07. The average Bonchev–Trinajstić information content (AvgIpc) is 2.75. The molecule has 2 amide bonds. The fourth-order valence-electron chi connectivity index (χ4n) is 2.35. The van der Waals surface area contributed by atoms with Gasteiger partial charge in [-0.15, -0.1) is 0 Å². The minimum Gasteiger partial charge on any atom is -0.478 e. The number of benzene rings is 2. The Bertz CT molecular complexity index is 796. The van der Waals surface area contributed by atoms with Gasteiger partial charge in [0.1, 0.15) is 5.82 Å². The highest BCUT2D eigenvalue weighted by Crippen LogP contribution is 2.31. The molecule has 0 saturated heterocycles. The first kappa shape index (κ1) is 13.0. The largest absolute Gasteiger partial charge is 0.478 e. The van der Waals surface area contributed by atoms with Crippen molar-refractivity contribution in [2.75, 3.05) is 0 Å². The summed E-state index contributed by atoms with van der Waals surface area (Å²) < 4.78 is 13.0. The minimum absolute atomic E-state index is 0.00603. The first-order chi connectivity index (χ1) is 9.99. The minimum atomic E-state index is -1.29. The molecular formula is C15H8FNO4. The van der Waals surface area contributed by atoms with Gasteiger partial charge in [-0.25, -0.2) is 9.18 Å². The summed E-state index contributed by atoms with van der Waals surface area (Å²) in [7, 11) is 0. The molecule has 0 unspecified atom stereocenters. The number of halogens is 1. The van der Waals surface area contributed by atoms with Gasteiger partial charge in [-0.05, 0) is 29.3 Å². The van der Waals surface area contributed by atoms with Crippen molar-refractivity contribution in [3.8, 4) is 11.1 Å². The third kappa shape index (κ3) is 1.97. The molecule has 2 aromatic carbocycles. The number of imide groups is 1. The molecule has 0 aromatic heterocycles. The van der Waals surface area contributed by atoms with Crippen LogP contribution in [0.15, 0.2) is 36.4 Å². The van der Waals surface area contributed by atoms with Gasteiger partial charge in [0.25, 0.3) is 11.8 Å². The molecule has 2 aromatic rings. The van der Waals surface area contributed by atoms with Crippen LogP contribution in [0.5, 0.6) is 0 Å². The van der Waals surface area contributed by atoms with E-state index < -0.39 is 23.6 Å². The molecule has 3 rings (SSSR count). The summed E-state index contributed by atoms with van der Waals surface area (Å²) in [5, 5.41) is 11.2. The molecule has 0 saturated carbocycles. The zero-order valence-corrected chi connectivity index (χ0v) is 10.5. The maximum atomic E-state index is 13.0. The van der Waals surface area contributed by atoms with E-state index in [0.717, 1.165) is 0 Å². The van der Waals surface area contributed by atoms with Crippen LogP contribution in [-0.2, 0) is 0 Å². The van der Waals surface area contributed by atoms with Crippen molar-refractivity contribution in [2.45, 2.75) is 0 Å². The van der Waals surface area contributed by atoms with E-state index >= 15 is 0 Å². The predicted molar refractivity (Wildman–Crippen MR) is 70.6 cm³/mol. The second kappa shape index (κ2) is 4.52. The lowest BCUT2D eigenvalue weighted by atomic mass is 9.93. The van der Waals surface area contributed by atoms with Crippen molar-refractivity contribution < 1.29 is 23.9 Å². The van der Waals surface area contributed by atoms with Gasteiger partial charge in [-0.3, -0.25) is 14.9 Å². The molecule has 1 aliphatic heterocycles. The van der Waals surface area contributed by atoms with Crippen molar-refractivity contribution >= 4 is 17.8 Å². The SMILES string of the molecule is O=C(O)c1ccc(-c2ccc(F)cc2)c2c1C(=O)NC2=O. The summed E-state index contributed by atoms with van der Waals surface area (Å²) in [5.41, 5.74) is 0.521. The van der Waals surface area contributed by atoms with E-state index in [4.69, 9.17) is 5.11 Å². The van der Waals surface area contributed by atoms with Crippen LogP contribution in [0, 0.1) is 5.82 Å². The van der Waals surface area contributed by atoms with Crippen molar-refractivity contribution in [3.05, 3.63) is 58.9 Å². The van der Waals surface area contributed by atoms with E-state index in [1.807, 2.05) is 0 Å². The number of hydrogen-bond acceptors (Lipinski definition) is 3. The molecule has 0 aliphatic carbocycles. The van der Waals surface area contributed by atoms with Gasteiger partial charge in [-0.1, -0.05) is 18.2 Å². The van der Waals surface area contributed by atoms with Crippen LogP contribution >= 0.6 is 0 Å². The number of carboxylic acids is 1. The Morgan fingerprint density at radius 2 is 1.57 bits per heavy atom. The maximum absolute atomic E-state index is 13.0. The second-order valence-corrected chi connectivity index (χ2v) is 4.51. The summed E-state index contributed by atoms with van der Waals surface area (Å²) in [5.74, 6) is -3.12. The van der Waals surface area contributed by atoms with Crippen LogP contribution in [-0.4, -0.2) is 22.9 Å². The third-order valence-corrected chi connectivity index (χ3v) is 3.27. The maximum Gasteiger partial charge on any atom is 0.336 e. The fraction of sp³-hybridized carbons (Fsp3) is 0. The van der Waals surface area contributed by atoms with Crippen LogP contribution < -0.4 is 5.32 Å². The molecule has 0 radical (unpaired) electrons. The number of hydrogen-bond donors (Lipinski definition) is 2. The molecule has 2 N–H and O–H groups in total. The number of nitrogens with one attached hydrogen (secondary N) is 1. The van der Waals surface area contributed by atoms with Crippen LogP contribution in [0.4, 0.5) is 4.39 Å². The second-order valence-electron chi connectivity index (χ2n) is 4.51. The first-order valence-electron chi connectivity index (χ1n) is 6.01. The van der Waals surface area contributed by atoms with E-state index in [-0.39, 0.29) is 16.7 Å². The van der Waals surface area contributed by atoms with E-state index in [9.17, 15) is 18.8 Å². The van der Waals surface area contributed by atoms with Gasteiger partial charge in [0.15, 0.2) is 0 Å². The number of carbonyl (C=O) groups is 3. The molecule has 6 heteroatoms. The van der Waals surface area contributed by atoms with Gasteiger partial charge in [0.2, 0.25) is 0 Å². The third-order valence-electron chi connectivity index (χ3n) is 3.27. The van der Waals surface area contributed by atoms with Gasteiger partial charge < -0.3 is 5.11 Å². The Balaban J connectivity index is 2.30. The first-order valence-corrected chi connectivity index (χ1v) is 6.01. The Hall–Kier alpha value is -3.02. The highest BCUT2D eigenvalue weighted by Gasteiger charge is 2.34.